The zero-order valence-corrected chi connectivity index (χ0v) is 12.7. The van der Waals surface area contributed by atoms with E-state index in [4.69, 9.17) is 0 Å². The number of rotatable bonds is 7. The number of carbonyl (C=O) groups is 1. The van der Waals surface area contributed by atoms with E-state index in [2.05, 4.69) is 0 Å². The van der Waals surface area contributed by atoms with Crippen LogP contribution >= 0.6 is 0 Å². The zero-order chi connectivity index (χ0) is 14.5. The van der Waals surface area contributed by atoms with Gasteiger partial charge in [0.05, 0.1) is 10.6 Å². The molecule has 0 N–H and O–H groups in total. The van der Waals surface area contributed by atoms with Crippen molar-refractivity contribution in [3.8, 4) is 0 Å². The van der Waals surface area contributed by atoms with Crippen molar-refractivity contribution in [1.29, 1.82) is 0 Å². The Hall–Kier alpha value is -1.16. The Morgan fingerprint density at radius 3 is 2.26 bits per heavy atom. The number of hydrogen-bond acceptors (Lipinski definition) is 3. The van der Waals surface area contributed by atoms with Gasteiger partial charge in [0.15, 0.2) is 9.84 Å². The van der Waals surface area contributed by atoms with Crippen LogP contribution in [0.5, 0.6) is 0 Å². The van der Waals surface area contributed by atoms with Gasteiger partial charge >= 0.3 is 0 Å². The van der Waals surface area contributed by atoms with Gasteiger partial charge in [0.1, 0.15) is 5.78 Å². The normalized spacial score (nSPS) is 13.2. The van der Waals surface area contributed by atoms with E-state index in [1.54, 1.807) is 19.1 Å². The topological polar surface area (TPSA) is 51.2 Å². The lowest BCUT2D eigenvalue weighted by molar-refractivity contribution is -0.117. The summed E-state index contributed by atoms with van der Waals surface area (Å²) in [5, 5.41) is 0. The van der Waals surface area contributed by atoms with Crippen molar-refractivity contribution < 1.29 is 13.2 Å². The highest BCUT2D eigenvalue weighted by Gasteiger charge is 2.13. The van der Waals surface area contributed by atoms with Crippen molar-refractivity contribution in [2.24, 2.45) is 5.92 Å². The highest BCUT2D eigenvalue weighted by molar-refractivity contribution is 7.91. The fourth-order valence-corrected chi connectivity index (χ4v) is 3.51. The van der Waals surface area contributed by atoms with Gasteiger partial charge < -0.3 is 4.79 Å². The van der Waals surface area contributed by atoms with Crippen LogP contribution in [0.4, 0.5) is 0 Å². The lowest BCUT2D eigenvalue weighted by Crippen LogP contribution is -2.07. The summed E-state index contributed by atoms with van der Waals surface area (Å²) in [4.78, 5) is 11.4. The van der Waals surface area contributed by atoms with Crippen LogP contribution in [0, 0.1) is 5.92 Å². The van der Waals surface area contributed by atoms with Crippen LogP contribution in [-0.2, 0) is 21.1 Å². The summed E-state index contributed by atoms with van der Waals surface area (Å²) in [5.74, 6) is 0.665. The Morgan fingerprint density at radius 2 is 1.79 bits per heavy atom. The van der Waals surface area contributed by atoms with Gasteiger partial charge in [-0.2, -0.15) is 0 Å². The second kappa shape index (κ2) is 6.85. The molecule has 1 atom stereocenters. The minimum atomic E-state index is -3.13. The summed E-state index contributed by atoms with van der Waals surface area (Å²) in [6.45, 7) is 5.48. The average Bonchev–Trinajstić information content (AvgIpc) is 2.28. The van der Waals surface area contributed by atoms with E-state index in [0.717, 1.165) is 12.0 Å². The van der Waals surface area contributed by atoms with Crippen molar-refractivity contribution in [3.05, 3.63) is 29.8 Å². The van der Waals surface area contributed by atoms with Gasteiger partial charge in [0, 0.05) is 6.42 Å². The van der Waals surface area contributed by atoms with Gasteiger partial charge in [0.2, 0.25) is 0 Å². The Kier molecular flexibility index (Phi) is 5.73. The standard InChI is InChI=1S/C15H22O3S/c1-4-9-19(17,18)15-7-5-14(6-8-15)11-12(2)10-13(3)16/h5-8,12H,4,9-11H2,1-3H3. The average molecular weight is 282 g/mol. The summed E-state index contributed by atoms with van der Waals surface area (Å²) in [7, 11) is -3.13. The van der Waals surface area contributed by atoms with E-state index in [1.807, 2.05) is 26.0 Å². The Balaban J connectivity index is 2.74. The number of sulfone groups is 1. The molecule has 0 saturated heterocycles. The summed E-state index contributed by atoms with van der Waals surface area (Å²) in [6.07, 6.45) is 1.99. The molecule has 0 aromatic heterocycles. The van der Waals surface area contributed by atoms with Crippen LogP contribution in [0.1, 0.15) is 39.2 Å². The number of Topliss-reactive ketones (excluding diaryl/α,β-unsaturated/α-hetero) is 1. The number of carbonyl (C=O) groups excluding carboxylic acids is 1. The van der Waals surface area contributed by atoms with Crippen LogP contribution in [0.15, 0.2) is 29.2 Å². The molecular formula is C15H22O3S. The van der Waals surface area contributed by atoms with Crippen LogP contribution in [-0.4, -0.2) is 20.0 Å². The molecule has 1 aromatic rings. The molecule has 0 amide bonds. The van der Waals surface area contributed by atoms with E-state index in [9.17, 15) is 13.2 Å². The van der Waals surface area contributed by atoms with Crippen molar-refractivity contribution in [2.75, 3.05) is 5.75 Å². The predicted octanol–water partition coefficient (Wildman–Crippen LogP) is 3.03. The third-order valence-corrected chi connectivity index (χ3v) is 4.91. The summed E-state index contributed by atoms with van der Waals surface area (Å²) in [6, 6.07) is 7.03. The highest BCUT2D eigenvalue weighted by Crippen LogP contribution is 2.17. The maximum Gasteiger partial charge on any atom is 0.178 e. The molecule has 1 unspecified atom stereocenters. The third kappa shape index (κ3) is 5.15. The Morgan fingerprint density at radius 1 is 1.21 bits per heavy atom. The maximum atomic E-state index is 11.9. The van der Waals surface area contributed by atoms with Gasteiger partial charge in [-0.15, -0.1) is 0 Å². The molecule has 0 aliphatic rings. The summed E-state index contributed by atoms with van der Waals surface area (Å²) >= 11 is 0. The zero-order valence-electron chi connectivity index (χ0n) is 11.8. The molecule has 19 heavy (non-hydrogen) atoms. The lowest BCUT2D eigenvalue weighted by Gasteiger charge is -2.10. The molecule has 0 spiro atoms. The van der Waals surface area contributed by atoms with Gasteiger partial charge in [0.25, 0.3) is 0 Å². The fourth-order valence-electron chi connectivity index (χ4n) is 2.18. The van der Waals surface area contributed by atoms with Gasteiger partial charge in [-0.1, -0.05) is 26.0 Å². The molecule has 3 nitrogen and oxygen atoms in total. The second-order valence-corrected chi connectivity index (χ2v) is 7.29. The molecule has 0 bridgehead atoms. The molecule has 106 valence electrons. The highest BCUT2D eigenvalue weighted by atomic mass is 32.2. The molecule has 0 heterocycles. The SMILES string of the molecule is CCCS(=O)(=O)c1ccc(CC(C)CC(C)=O)cc1. The Bertz CT molecular complexity index is 515. The third-order valence-electron chi connectivity index (χ3n) is 2.98. The molecule has 0 aliphatic carbocycles. The van der Waals surface area contributed by atoms with Crippen molar-refractivity contribution in [1.82, 2.24) is 0 Å². The minimum Gasteiger partial charge on any atom is -0.300 e. The summed E-state index contributed by atoms with van der Waals surface area (Å²) in [5.41, 5.74) is 1.07. The van der Waals surface area contributed by atoms with Crippen LogP contribution in [0.2, 0.25) is 0 Å². The number of hydrogen-bond donors (Lipinski definition) is 0. The monoisotopic (exact) mass is 282 g/mol. The van der Waals surface area contributed by atoms with Crippen molar-refractivity contribution in [3.63, 3.8) is 0 Å². The molecular weight excluding hydrogens is 260 g/mol. The van der Waals surface area contributed by atoms with Gasteiger partial charge in [-0.3, -0.25) is 0 Å². The van der Waals surface area contributed by atoms with Crippen LogP contribution < -0.4 is 0 Å². The van der Waals surface area contributed by atoms with E-state index < -0.39 is 9.84 Å². The first-order chi connectivity index (χ1) is 8.85. The first-order valence-corrected chi connectivity index (χ1v) is 8.31. The molecule has 0 saturated carbocycles. The second-order valence-electron chi connectivity index (χ2n) is 5.18. The maximum absolute atomic E-state index is 11.9. The minimum absolute atomic E-state index is 0.188. The number of benzene rings is 1. The molecule has 1 rings (SSSR count). The first-order valence-electron chi connectivity index (χ1n) is 6.66. The van der Waals surface area contributed by atoms with Gasteiger partial charge in [-0.05, 0) is 43.4 Å². The Labute approximate surface area is 116 Å². The molecule has 4 heteroatoms. The first kappa shape index (κ1) is 15.9. The smallest absolute Gasteiger partial charge is 0.178 e. The molecule has 0 fully saturated rings. The van der Waals surface area contributed by atoms with Crippen LogP contribution in [0.3, 0.4) is 0 Å². The van der Waals surface area contributed by atoms with E-state index in [0.29, 0.717) is 17.7 Å². The quantitative estimate of drug-likeness (QED) is 0.772. The lowest BCUT2D eigenvalue weighted by atomic mass is 9.97. The van der Waals surface area contributed by atoms with E-state index in [-0.39, 0.29) is 17.5 Å². The molecule has 0 radical (unpaired) electrons. The largest absolute Gasteiger partial charge is 0.300 e. The van der Waals surface area contributed by atoms with E-state index >= 15 is 0 Å². The summed E-state index contributed by atoms with van der Waals surface area (Å²) < 4.78 is 23.7. The van der Waals surface area contributed by atoms with Gasteiger partial charge in [-0.25, -0.2) is 8.42 Å². The molecule has 0 aliphatic heterocycles. The predicted molar refractivity (Wildman–Crippen MR) is 77.0 cm³/mol. The van der Waals surface area contributed by atoms with Crippen molar-refractivity contribution in [2.45, 2.75) is 44.9 Å². The van der Waals surface area contributed by atoms with Crippen LogP contribution in [0.25, 0.3) is 0 Å². The van der Waals surface area contributed by atoms with Crippen molar-refractivity contribution >= 4 is 15.6 Å². The fraction of sp³-hybridized carbons (Fsp3) is 0.533. The van der Waals surface area contributed by atoms with E-state index in [1.165, 1.54) is 0 Å². The number of ketones is 1. The molecule has 1 aromatic carbocycles.